The second-order valence-electron chi connectivity index (χ2n) is 7.13. The van der Waals surface area contributed by atoms with E-state index in [4.69, 9.17) is 5.73 Å². The summed E-state index contributed by atoms with van der Waals surface area (Å²) in [5.74, 6) is 0. The van der Waals surface area contributed by atoms with E-state index in [1.165, 1.54) is 38.2 Å². The molecule has 0 spiro atoms. The minimum atomic E-state index is -0.232. The molecule has 4 aromatic rings. The van der Waals surface area contributed by atoms with Crippen molar-refractivity contribution in [2.45, 2.75) is 32.2 Å². The lowest BCUT2D eigenvalue weighted by atomic mass is 9.84. The largest absolute Gasteiger partial charge is 0.321 e. The van der Waals surface area contributed by atoms with Crippen LogP contribution in [0.25, 0.3) is 32.7 Å². The van der Waals surface area contributed by atoms with Crippen molar-refractivity contribution in [2.24, 2.45) is 5.73 Å². The first-order valence-electron chi connectivity index (χ1n) is 9.46. The van der Waals surface area contributed by atoms with Gasteiger partial charge in [-0.2, -0.15) is 0 Å². The number of nitrogens with two attached hydrogens (primary N) is 1. The highest BCUT2D eigenvalue weighted by Gasteiger charge is 2.22. The predicted octanol–water partition coefficient (Wildman–Crippen LogP) is 6.63. The molecule has 130 valence electrons. The second-order valence-corrected chi connectivity index (χ2v) is 7.13. The highest BCUT2D eigenvalue weighted by atomic mass is 14.7. The third-order valence-corrected chi connectivity index (χ3v) is 5.80. The van der Waals surface area contributed by atoms with Crippen molar-refractivity contribution in [3.05, 3.63) is 84.4 Å². The van der Waals surface area contributed by atoms with Crippen molar-refractivity contribution in [2.75, 3.05) is 0 Å². The molecule has 0 aromatic heterocycles. The third kappa shape index (κ3) is 2.69. The molecule has 1 heteroatoms. The fourth-order valence-corrected chi connectivity index (χ4v) is 3.93. The molecule has 4 rings (SSSR count). The molecule has 0 saturated heterocycles. The molecule has 0 unspecified atom stereocenters. The molecule has 2 N–H and O–H groups in total. The molecule has 0 fully saturated rings. The quantitative estimate of drug-likeness (QED) is 0.415. The molecule has 0 bridgehead atoms. The summed E-state index contributed by atoms with van der Waals surface area (Å²) in [6, 6.07) is 28.4. The van der Waals surface area contributed by atoms with E-state index in [0.29, 0.717) is 0 Å². The van der Waals surface area contributed by atoms with Crippen molar-refractivity contribution in [3.63, 3.8) is 0 Å². The van der Waals surface area contributed by atoms with Crippen LogP contribution in [0.4, 0.5) is 0 Å². The van der Waals surface area contributed by atoms with Gasteiger partial charge in [-0.05, 0) is 57.1 Å². The minimum Gasteiger partial charge on any atom is -0.321 e. The van der Waals surface area contributed by atoms with Crippen LogP contribution in [0.1, 0.15) is 32.3 Å². The Balaban J connectivity index is 1.91. The van der Waals surface area contributed by atoms with Crippen LogP contribution < -0.4 is 5.73 Å². The molecule has 0 aliphatic rings. The van der Waals surface area contributed by atoms with E-state index in [1.807, 2.05) is 0 Å². The lowest BCUT2D eigenvalue weighted by Crippen LogP contribution is -2.34. The van der Waals surface area contributed by atoms with E-state index in [1.54, 1.807) is 0 Å². The van der Waals surface area contributed by atoms with Crippen LogP contribution in [0, 0.1) is 0 Å². The van der Waals surface area contributed by atoms with Crippen LogP contribution in [0.2, 0.25) is 0 Å². The summed E-state index contributed by atoms with van der Waals surface area (Å²) < 4.78 is 0. The third-order valence-electron chi connectivity index (χ3n) is 5.80. The van der Waals surface area contributed by atoms with Gasteiger partial charge in [0.2, 0.25) is 0 Å². The molecule has 0 heterocycles. The van der Waals surface area contributed by atoms with Crippen molar-refractivity contribution < 1.29 is 0 Å². The molecule has 4 aromatic carbocycles. The Bertz CT molecular complexity index is 1060. The summed E-state index contributed by atoms with van der Waals surface area (Å²) >= 11 is 0. The molecule has 0 aliphatic carbocycles. The van der Waals surface area contributed by atoms with Gasteiger partial charge in [0.15, 0.2) is 0 Å². The van der Waals surface area contributed by atoms with Crippen LogP contribution in [0.15, 0.2) is 78.9 Å². The fourth-order valence-electron chi connectivity index (χ4n) is 3.93. The standard InChI is InChI=1S/C25H25N/c1-3-25(26,4-2)20-15-13-18(14-16-20)24-17-19-9-5-6-10-21(19)22-11-7-8-12-23(22)24/h5-17H,3-4,26H2,1-2H3. The summed E-state index contributed by atoms with van der Waals surface area (Å²) in [4.78, 5) is 0. The van der Waals surface area contributed by atoms with E-state index in [-0.39, 0.29) is 5.54 Å². The number of rotatable bonds is 4. The topological polar surface area (TPSA) is 26.0 Å². The van der Waals surface area contributed by atoms with Crippen molar-refractivity contribution in [1.29, 1.82) is 0 Å². The Morgan fingerprint density at radius 3 is 1.92 bits per heavy atom. The van der Waals surface area contributed by atoms with Crippen molar-refractivity contribution in [1.82, 2.24) is 0 Å². The van der Waals surface area contributed by atoms with Gasteiger partial charge in [-0.25, -0.2) is 0 Å². The predicted molar refractivity (Wildman–Crippen MR) is 113 cm³/mol. The van der Waals surface area contributed by atoms with Gasteiger partial charge in [0.25, 0.3) is 0 Å². The van der Waals surface area contributed by atoms with Gasteiger partial charge >= 0.3 is 0 Å². The number of hydrogen-bond acceptors (Lipinski definition) is 1. The van der Waals surface area contributed by atoms with Crippen LogP contribution in [0.3, 0.4) is 0 Å². The van der Waals surface area contributed by atoms with Gasteiger partial charge in [-0.3, -0.25) is 0 Å². The highest BCUT2D eigenvalue weighted by molar-refractivity contribution is 6.13. The molecule has 0 aliphatic heterocycles. The molecule has 0 radical (unpaired) electrons. The van der Waals surface area contributed by atoms with Crippen LogP contribution >= 0.6 is 0 Å². The first-order chi connectivity index (χ1) is 12.7. The Hall–Kier alpha value is -2.64. The van der Waals surface area contributed by atoms with Gasteiger partial charge in [0.05, 0.1) is 0 Å². The molecule has 26 heavy (non-hydrogen) atoms. The summed E-state index contributed by atoms with van der Waals surface area (Å²) in [7, 11) is 0. The SMILES string of the molecule is CCC(N)(CC)c1ccc(-c2cc3ccccc3c3ccccc23)cc1. The molecular formula is C25H25N. The minimum absolute atomic E-state index is 0.232. The zero-order chi connectivity index (χ0) is 18.1. The van der Waals surface area contributed by atoms with Gasteiger partial charge in [0, 0.05) is 5.54 Å². The Morgan fingerprint density at radius 2 is 1.27 bits per heavy atom. The zero-order valence-electron chi connectivity index (χ0n) is 15.5. The maximum absolute atomic E-state index is 6.57. The summed E-state index contributed by atoms with van der Waals surface area (Å²) in [6.07, 6.45) is 1.89. The highest BCUT2D eigenvalue weighted by Crippen LogP contribution is 2.36. The lowest BCUT2D eigenvalue weighted by molar-refractivity contribution is 0.413. The molecule has 0 amide bonds. The molecule has 0 saturated carbocycles. The first kappa shape index (κ1) is 16.8. The van der Waals surface area contributed by atoms with E-state index < -0.39 is 0 Å². The molecular weight excluding hydrogens is 314 g/mol. The maximum Gasteiger partial charge on any atom is 0.0404 e. The van der Waals surface area contributed by atoms with E-state index in [2.05, 4.69) is 92.7 Å². The van der Waals surface area contributed by atoms with Gasteiger partial charge in [0.1, 0.15) is 0 Å². The van der Waals surface area contributed by atoms with Gasteiger partial charge in [-0.1, -0.05) is 86.6 Å². The Kier molecular flexibility index (Phi) is 4.26. The second kappa shape index (κ2) is 6.59. The average molecular weight is 339 g/mol. The lowest BCUT2D eigenvalue weighted by Gasteiger charge is -2.27. The molecule has 0 atom stereocenters. The molecule has 1 nitrogen and oxygen atoms in total. The maximum atomic E-state index is 6.57. The summed E-state index contributed by atoms with van der Waals surface area (Å²) in [6.45, 7) is 4.32. The normalized spacial score (nSPS) is 12.0. The average Bonchev–Trinajstić information content (AvgIpc) is 2.72. The Morgan fingerprint density at radius 1 is 0.692 bits per heavy atom. The zero-order valence-corrected chi connectivity index (χ0v) is 15.5. The Labute approximate surface area is 155 Å². The number of hydrogen-bond donors (Lipinski definition) is 1. The van der Waals surface area contributed by atoms with E-state index in [0.717, 1.165) is 12.8 Å². The van der Waals surface area contributed by atoms with Crippen LogP contribution in [-0.2, 0) is 5.54 Å². The van der Waals surface area contributed by atoms with Gasteiger partial charge < -0.3 is 5.73 Å². The van der Waals surface area contributed by atoms with Gasteiger partial charge in [-0.15, -0.1) is 0 Å². The summed E-state index contributed by atoms with van der Waals surface area (Å²) in [5, 5.41) is 5.19. The monoisotopic (exact) mass is 339 g/mol. The smallest absolute Gasteiger partial charge is 0.0404 e. The van der Waals surface area contributed by atoms with Crippen LogP contribution in [0.5, 0.6) is 0 Å². The fraction of sp³-hybridized carbons (Fsp3) is 0.200. The van der Waals surface area contributed by atoms with E-state index in [9.17, 15) is 0 Å². The number of benzene rings is 4. The van der Waals surface area contributed by atoms with Crippen LogP contribution in [-0.4, -0.2) is 0 Å². The van der Waals surface area contributed by atoms with Crippen molar-refractivity contribution >= 4 is 21.5 Å². The van der Waals surface area contributed by atoms with E-state index >= 15 is 0 Å². The number of fused-ring (bicyclic) bond motifs is 3. The first-order valence-corrected chi connectivity index (χ1v) is 9.46. The summed E-state index contributed by atoms with van der Waals surface area (Å²) in [5.41, 5.74) is 10.1. The van der Waals surface area contributed by atoms with Crippen molar-refractivity contribution in [3.8, 4) is 11.1 Å².